The van der Waals surface area contributed by atoms with Crippen LogP contribution in [0.5, 0.6) is 0 Å². The Bertz CT molecular complexity index is 988. The van der Waals surface area contributed by atoms with Gasteiger partial charge in [0, 0.05) is 37.1 Å². The lowest BCUT2D eigenvalue weighted by atomic mass is 10.1. The van der Waals surface area contributed by atoms with Gasteiger partial charge in [0.05, 0.1) is 18.3 Å². The van der Waals surface area contributed by atoms with Gasteiger partial charge in [0.1, 0.15) is 5.82 Å². The van der Waals surface area contributed by atoms with Crippen molar-refractivity contribution in [2.45, 2.75) is 32.9 Å². The third kappa shape index (κ3) is 6.23. The molecule has 1 atom stereocenters. The van der Waals surface area contributed by atoms with Crippen LogP contribution in [0.4, 0.5) is 5.82 Å². The maximum Gasteiger partial charge on any atom is 0.243 e. The van der Waals surface area contributed by atoms with Crippen LogP contribution in [0, 0.1) is 0 Å². The summed E-state index contributed by atoms with van der Waals surface area (Å²) >= 11 is 0. The van der Waals surface area contributed by atoms with Gasteiger partial charge in [-0.1, -0.05) is 30.3 Å². The zero-order valence-electron chi connectivity index (χ0n) is 17.8. The van der Waals surface area contributed by atoms with Crippen molar-refractivity contribution in [3.63, 3.8) is 0 Å². The highest BCUT2D eigenvalue weighted by Crippen LogP contribution is 2.21. The van der Waals surface area contributed by atoms with Gasteiger partial charge in [-0.05, 0) is 38.0 Å². The molecule has 2 heterocycles. The van der Waals surface area contributed by atoms with Gasteiger partial charge >= 0.3 is 0 Å². The Morgan fingerprint density at radius 2 is 1.81 bits per heavy atom. The molecule has 0 aliphatic carbocycles. The predicted molar refractivity (Wildman–Crippen MR) is 120 cm³/mol. The Balaban J connectivity index is 1.77. The van der Waals surface area contributed by atoms with Crippen molar-refractivity contribution in [1.29, 1.82) is 0 Å². The number of carbonyl (C=O) groups excluding carboxylic acids is 2. The van der Waals surface area contributed by atoms with Gasteiger partial charge in [0.2, 0.25) is 11.8 Å². The molecule has 3 N–H and O–H groups in total. The minimum atomic E-state index is -0.574. The van der Waals surface area contributed by atoms with Crippen LogP contribution in [0.25, 0.3) is 11.3 Å². The van der Waals surface area contributed by atoms with Gasteiger partial charge in [-0.3, -0.25) is 19.9 Å². The molecule has 8 heteroatoms. The lowest BCUT2D eigenvalue weighted by Gasteiger charge is -2.18. The summed E-state index contributed by atoms with van der Waals surface area (Å²) in [6, 6.07) is 14.7. The second kappa shape index (κ2) is 11.0. The van der Waals surface area contributed by atoms with Gasteiger partial charge < -0.3 is 10.6 Å². The summed E-state index contributed by atoms with van der Waals surface area (Å²) in [5.41, 5.74) is 2.69. The number of nitrogens with zero attached hydrogens (tertiary/aromatic N) is 3. The van der Waals surface area contributed by atoms with E-state index in [1.54, 1.807) is 17.1 Å². The first-order valence-corrected chi connectivity index (χ1v) is 10.4. The van der Waals surface area contributed by atoms with Gasteiger partial charge in [-0.2, -0.15) is 5.10 Å². The van der Waals surface area contributed by atoms with Crippen LogP contribution < -0.4 is 16.0 Å². The van der Waals surface area contributed by atoms with Gasteiger partial charge in [0.25, 0.3) is 0 Å². The summed E-state index contributed by atoms with van der Waals surface area (Å²) in [4.78, 5) is 29.1. The highest BCUT2D eigenvalue weighted by atomic mass is 16.2. The van der Waals surface area contributed by atoms with Crippen molar-refractivity contribution >= 4 is 17.6 Å². The van der Waals surface area contributed by atoms with Gasteiger partial charge in [-0.25, -0.2) is 4.68 Å². The van der Waals surface area contributed by atoms with Crippen molar-refractivity contribution in [2.75, 3.05) is 18.4 Å². The second-order valence-corrected chi connectivity index (χ2v) is 7.03. The number of pyridine rings is 1. The molecule has 1 unspecified atom stereocenters. The van der Waals surface area contributed by atoms with Crippen molar-refractivity contribution < 1.29 is 9.59 Å². The summed E-state index contributed by atoms with van der Waals surface area (Å²) in [5, 5.41) is 13.4. The number of benzene rings is 1. The maximum absolute atomic E-state index is 13.1. The molecule has 0 radical (unpaired) electrons. The molecular weight excluding hydrogens is 392 g/mol. The third-order valence-corrected chi connectivity index (χ3v) is 4.79. The van der Waals surface area contributed by atoms with Crippen LogP contribution >= 0.6 is 0 Å². The summed E-state index contributed by atoms with van der Waals surface area (Å²) in [6.45, 7) is 5.04. The zero-order valence-corrected chi connectivity index (χ0v) is 17.8. The van der Waals surface area contributed by atoms with Crippen LogP contribution in [-0.4, -0.2) is 45.7 Å². The first-order chi connectivity index (χ1) is 15.1. The molecule has 162 valence electrons. The normalized spacial score (nSPS) is 11.7. The Morgan fingerprint density at radius 3 is 2.48 bits per heavy atom. The van der Waals surface area contributed by atoms with E-state index in [9.17, 15) is 9.59 Å². The quantitative estimate of drug-likeness (QED) is 0.467. The van der Waals surface area contributed by atoms with Crippen LogP contribution in [0.15, 0.2) is 60.9 Å². The molecule has 0 fully saturated rings. The first-order valence-electron chi connectivity index (χ1n) is 10.4. The fraction of sp³-hybridized carbons (Fsp3) is 0.304. The van der Waals surface area contributed by atoms with E-state index in [0.29, 0.717) is 25.3 Å². The maximum atomic E-state index is 13.1. The smallest absolute Gasteiger partial charge is 0.243 e. The van der Waals surface area contributed by atoms with E-state index >= 15 is 0 Å². The lowest BCUT2D eigenvalue weighted by Crippen LogP contribution is -2.46. The molecule has 2 aromatic heterocycles. The molecular formula is C23H28N6O2. The number of anilines is 1. The van der Waals surface area contributed by atoms with Crippen molar-refractivity contribution in [3.8, 4) is 11.3 Å². The SMILES string of the molecule is CCNC(=O)CNC(Cc1ccccc1)C(=O)Nc1cc(-c2ccncc2)nn1CC. The number of hydrogen-bond donors (Lipinski definition) is 3. The summed E-state index contributed by atoms with van der Waals surface area (Å²) in [7, 11) is 0. The van der Waals surface area contributed by atoms with Crippen LogP contribution in [-0.2, 0) is 22.6 Å². The van der Waals surface area contributed by atoms with Crippen molar-refractivity contribution in [2.24, 2.45) is 0 Å². The molecule has 3 rings (SSSR count). The monoisotopic (exact) mass is 420 g/mol. The van der Waals surface area contributed by atoms with E-state index in [0.717, 1.165) is 16.8 Å². The molecule has 3 aromatic rings. The summed E-state index contributed by atoms with van der Waals surface area (Å²) in [5.74, 6) is 0.244. The highest BCUT2D eigenvalue weighted by molar-refractivity contribution is 5.95. The first kappa shape index (κ1) is 22.2. The van der Waals surface area contributed by atoms with Crippen LogP contribution in [0.2, 0.25) is 0 Å². The van der Waals surface area contributed by atoms with Crippen molar-refractivity contribution in [1.82, 2.24) is 25.4 Å². The Labute approximate surface area is 182 Å². The average molecular weight is 421 g/mol. The Kier molecular flexibility index (Phi) is 7.89. The van der Waals surface area contributed by atoms with E-state index in [1.807, 2.05) is 62.4 Å². The molecule has 0 aliphatic heterocycles. The van der Waals surface area contributed by atoms with Crippen molar-refractivity contribution in [3.05, 3.63) is 66.5 Å². The van der Waals surface area contributed by atoms with E-state index in [2.05, 4.69) is 26.0 Å². The molecule has 8 nitrogen and oxygen atoms in total. The number of hydrogen-bond acceptors (Lipinski definition) is 5. The van der Waals surface area contributed by atoms with Gasteiger partial charge in [-0.15, -0.1) is 0 Å². The largest absolute Gasteiger partial charge is 0.355 e. The standard InChI is InChI=1S/C23H28N6O2/c1-3-25-22(30)16-26-20(14-17-8-6-5-7-9-17)23(31)27-21-15-19(28-29(21)4-2)18-10-12-24-13-11-18/h5-13,15,20,26H,3-4,14,16H2,1-2H3,(H,25,30)(H,27,31). The molecule has 2 amide bonds. The van der Waals surface area contributed by atoms with E-state index in [4.69, 9.17) is 0 Å². The highest BCUT2D eigenvalue weighted by Gasteiger charge is 2.21. The van der Waals surface area contributed by atoms with Crippen LogP contribution in [0.3, 0.4) is 0 Å². The Hall–Kier alpha value is -3.52. The number of amides is 2. The second-order valence-electron chi connectivity index (χ2n) is 7.03. The number of aromatic nitrogens is 3. The number of carbonyl (C=O) groups is 2. The van der Waals surface area contributed by atoms with Crippen LogP contribution in [0.1, 0.15) is 19.4 Å². The lowest BCUT2D eigenvalue weighted by molar-refractivity contribution is -0.121. The fourth-order valence-corrected chi connectivity index (χ4v) is 3.22. The number of nitrogens with one attached hydrogen (secondary N) is 3. The third-order valence-electron chi connectivity index (χ3n) is 4.79. The Morgan fingerprint density at radius 1 is 1.06 bits per heavy atom. The minimum absolute atomic E-state index is 0.0636. The minimum Gasteiger partial charge on any atom is -0.355 e. The van der Waals surface area contributed by atoms with E-state index in [-0.39, 0.29) is 18.4 Å². The summed E-state index contributed by atoms with van der Waals surface area (Å²) < 4.78 is 1.75. The molecule has 0 aliphatic rings. The topological polar surface area (TPSA) is 101 Å². The molecule has 0 saturated heterocycles. The van der Waals surface area contributed by atoms with Gasteiger partial charge in [0.15, 0.2) is 0 Å². The van der Waals surface area contributed by atoms with E-state index in [1.165, 1.54) is 0 Å². The predicted octanol–water partition coefficient (Wildman–Crippen LogP) is 2.24. The molecule has 31 heavy (non-hydrogen) atoms. The average Bonchev–Trinajstić information content (AvgIpc) is 3.21. The molecule has 1 aromatic carbocycles. The fourth-order valence-electron chi connectivity index (χ4n) is 3.22. The zero-order chi connectivity index (χ0) is 22.1. The summed E-state index contributed by atoms with van der Waals surface area (Å²) in [6.07, 6.45) is 3.88. The number of rotatable bonds is 10. The molecule has 0 spiro atoms. The number of aryl methyl sites for hydroxylation is 1. The molecule has 0 bridgehead atoms. The molecule has 0 saturated carbocycles. The van der Waals surface area contributed by atoms with E-state index < -0.39 is 6.04 Å². The number of likely N-dealkylation sites (N-methyl/N-ethyl adjacent to an activating group) is 1.